The number of para-hydroxylation sites is 1. The molecule has 7 heteroatoms. The van der Waals surface area contributed by atoms with Crippen molar-refractivity contribution in [2.45, 2.75) is 12.8 Å². The summed E-state index contributed by atoms with van der Waals surface area (Å²) in [6.45, 7) is 3.85. The van der Waals surface area contributed by atoms with Crippen LogP contribution in [0, 0.1) is 17.2 Å². The third-order valence-electron chi connectivity index (χ3n) is 4.51. The number of nitrogens with one attached hydrogen (secondary N) is 1. The van der Waals surface area contributed by atoms with Gasteiger partial charge in [-0.2, -0.15) is 5.26 Å². The monoisotopic (exact) mass is 357 g/mol. The van der Waals surface area contributed by atoms with Crippen LogP contribution in [0.25, 0.3) is 10.2 Å². The van der Waals surface area contributed by atoms with Gasteiger partial charge in [-0.3, -0.25) is 4.79 Å². The van der Waals surface area contributed by atoms with Gasteiger partial charge in [0, 0.05) is 19.6 Å². The molecule has 6 nitrogen and oxygen atoms in total. The maximum Gasteiger partial charge on any atom is 0.230 e. The lowest BCUT2D eigenvalue weighted by atomic mass is 9.97. The number of piperidine rings is 1. The average Bonchev–Trinajstić information content (AvgIpc) is 3.02. The van der Waals surface area contributed by atoms with Gasteiger partial charge in [-0.25, -0.2) is 4.98 Å². The Morgan fingerprint density at radius 3 is 3.12 bits per heavy atom. The molecule has 1 aromatic carbocycles. The Labute approximate surface area is 152 Å². The van der Waals surface area contributed by atoms with Gasteiger partial charge in [0.15, 0.2) is 5.13 Å². The lowest BCUT2D eigenvalue weighted by Gasteiger charge is -2.32. The topological polar surface area (TPSA) is 72.3 Å². The van der Waals surface area contributed by atoms with Gasteiger partial charge < -0.3 is 15.1 Å². The second-order valence-corrected chi connectivity index (χ2v) is 7.75. The van der Waals surface area contributed by atoms with E-state index in [9.17, 15) is 4.79 Å². The first-order valence-corrected chi connectivity index (χ1v) is 9.36. The number of likely N-dealkylation sites (tertiary alicyclic amines) is 1. The number of rotatable bonds is 5. The van der Waals surface area contributed by atoms with Gasteiger partial charge in [0.05, 0.1) is 16.2 Å². The van der Waals surface area contributed by atoms with Crippen LogP contribution in [0.15, 0.2) is 18.2 Å². The van der Waals surface area contributed by atoms with Crippen molar-refractivity contribution in [3.05, 3.63) is 23.8 Å². The summed E-state index contributed by atoms with van der Waals surface area (Å²) in [5, 5.41) is 12.7. The summed E-state index contributed by atoms with van der Waals surface area (Å²) in [5.74, 6) is 0.0329. The van der Waals surface area contributed by atoms with Crippen molar-refractivity contribution in [2.24, 2.45) is 5.92 Å². The van der Waals surface area contributed by atoms with Crippen LogP contribution in [0.3, 0.4) is 0 Å². The lowest BCUT2D eigenvalue weighted by Crippen LogP contribution is -2.43. The van der Waals surface area contributed by atoms with Crippen molar-refractivity contribution in [1.82, 2.24) is 14.8 Å². The van der Waals surface area contributed by atoms with Gasteiger partial charge in [0.1, 0.15) is 11.6 Å². The first kappa shape index (κ1) is 17.8. The standard InChI is InChI=1S/C18H23N5OS/c1-22(2)9-10-23-8-4-6-14(12-23)17(24)21-18-20-16-13(11-19)5-3-7-15(16)25-18/h3,5,7,14H,4,6,8-10,12H2,1-2H3,(H,20,21,24). The highest BCUT2D eigenvalue weighted by Crippen LogP contribution is 2.29. The fourth-order valence-electron chi connectivity index (χ4n) is 3.11. The van der Waals surface area contributed by atoms with E-state index in [0.717, 1.165) is 43.7 Å². The number of anilines is 1. The molecule has 1 aliphatic rings. The molecule has 0 aliphatic carbocycles. The second-order valence-electron chi connectivity index (χ2n) is 6.72. The number of aromatic nitrogens is 1. The molecule has 1 amide bonds. The molecule has 1 aliphatic heterocycles. The van der Waals surface area contributed by atoms with E-state index in [1.165, 1.54) is 11.3 Å². The lowest BCUT2D eigenvalue weighted by molar-refractivity contribution is -0.121. The second kappa shape index (κ2) is 7.91. The predicted octanol–water partition coefficient (Wildman–Crippen LogP) is 2.38. The van der Waals surface area contributed by atoms with Crippen LogP contribution >= 0.6 is 11.3 Å². The molecule has 0 bridgehead atoms. The van der Waals surface area contributed by atoms with Crippen molar-refractivity contribution < 1.29 is 4.79 Å². The third kappa shape index (κ3) is 4.34. The summed E-state index contributed by atoms with van der Waals surface area (Å²) < 4.78 is 0.922. The van der Waals surface area contributed by atoms with Crippen molar-refractivity contribution in [2.75, 3.05) is 45.6 Å². The van der Waals surface area contributed by atoms with E-state index in [2.05, 4.69) is 40.3 Å². The molecule has 1 aromatic heterocycles. The molecule has 0 spiro atoms. The first-order chi connectivity index (χ1) is 12.1. The Kier molecular flexibility index (Phi) is 5.63. The van der Waals surface area contributed by atoms with E-state index in [1.54, 1.807) is 6.07 Å². The number of likely N-dealkylation sites (N-methyl/N-ethyl adjacent to an activating group) is 1. The Hall–Kier alpha value is -2.01. The minimum Gasteiger partial charge on any atom is -0.308 e. The highest BCUT2D eigenvalue weighted by atomic mass is 32.1. The number of fused-ring (bicyclic) bond motifs is 1. The number of hydrogen-bond acceptors (Lipinski definition) is 6. The number of carbonyl (C=O) groups excluding carboxylic acids is 1. The van der Waals surface area contributed by atoms with Gasteiger partial charge in [0.25, 0.3) is 0 Å². The van der Waals surface area contributed by atoms with Gasteiger partial charge >= 0.3 is 0 Å². The fourth-order valence-corrected chi connectivity index (χ4v) is 4.01. The zero-order valence-corrected chi connectivity index (χ0v) is 15.5. The quantitative estimate of drug-likeness (QED) is 0.889. The molecule has 132 valence electrons. The maximum atomic E-state index is 12.6. The number of benzene rings is 1. The van der Waals surface area contributed by atoms with Gasteiger partial charge in [-0.1, -0.05) is 17.4 Å². The molecule has 1 atom stereocenters. The number of nitrogens with zero attached hydrogens (tertiary/aromatic N) is 4. The van der Waals surface area contributed by atoms with Crippen molar-refractivity contribution in [3.63, 3.8) is 0 Å². The van der Waals surface area contributed by atoms with Crippen molar-refractivity contribution >= 4 is 32.6 Å². The van der Waals surface area contributed by atoms with E-state index in [1.807, 2.05) is 12.1 Å². The number of carbonyl (C=O) groups is 1. The summed E-state index contributed by atoms with van der Waals surface area (Å²) >= 11 is 1.42. The number of thiazole rings is 1. The van der Waals surface area contributed by atoms with Crippen LogP contribution in [0.1, 0.15) is 18.4 Å². The predicted molar refractivity (Wildman–Crippen MR) is 101 cm³/mol. The van der Waals surface area contributed by atoms with Crippen LogP contribution in [-0.4, -0.2) is 61.0 Å². The summed E-state index contributed by atoms with van der Waals surface area (Å²) in [7, 11) is 4.13. The highest BCUT2D eigenvalue weighted by Gasteiger charge is 2.26. The molecule has 0 radical (unpaired) electrons. The molecule has 1 fully saturated rings. The number of nitriles is 1. The molecular weight excluding hydrogens is 334 g/mol. The Morgan fingerprint density at radius 2 is 2.36 bits per heavy atom. The molecule has 1 saturated heterocycles. The van der Waals surface area contributed by atoms with E-state index >= 15 is 0 Å². The first-order valence-electron chi connectivity index (χ1n) is 8.54. The molecule has 0 saturated carbocycles. The Morgan fingerprint density at radius 1 is 1.52 bits per heavy atom. The van der Waals surface area contributed by atoms with Gasteiger partial charge in [-0.05, 0) is 45.6 Å². The summed E-state index contributed by atoms with van der Waals surface area (Å²) in [5.41, 5.74) is 1.21. The molecule has 1 unspecified atom stereocenters. The molecule has 2 heterocycles. The van der Waals surface area contributed by atoms with E-state index in [0.29, 0.717) is 16.2 Å². The molecule has 25 heavy (non-hydrogen) atoms. The van der Waals surface area contributed by atoms with Crippen LogP contribution in [-0.2, 0) is 4.79 Å². The molecule has 2 aromatic rings. The fraction of sp³-hybridized carbons (Fsp3) is 0.500. The maximum absolute atomic E-state index is 12.6. The Balaban J connectivity index is 1.65. The van der Waals surface area contributed by atoms with Crippen LogP contribution < -0.4 is 5.32 Å². The van der Waals surface area contributed by atoms with E-state index < -0.39 is 0 Å². The highest BCUT2D eigenvalue weighted by molar-refractivity contribution is 7.22. The zero-order chi connectivity index (χ0) is 17.8. The van der Waals surface area contributed by atoms with Crippen LogP contribution in [0.5, 0.6) is 0 Å². The number of hydrogen-bond donors (Lipinski definition) is 1. The summed E-state index contributed by atoms with van der Waals surface area (Å²) in [6, 6.07) is 7.66. The van der Waals surface area contributed by atoms with Crippen LogP contribution in [0.4, 0.5) is 5.13 Å². The minimum atomic E-state index is -0.00152. The van der Waals surface area contributed by atoms with Gasteiger partial charge in [-0.15, -0.1) is 0 Å². The van der Waals surface area contributed by atoms with Crippen molar-refractivity contribution in [1.29, 1.82) is 5.26 Å². The van der Waals surface area contributed by atoms with E-state index in [-0.39, 0.29) is 11.8 Å². The molecule has 1 N–H and O–H groups in total. The average molecular weight is 357 g/mol. The Bertz CT molecular complexity index is 794. The summed E-state index contributed by atoms with van der Waals surface area (Å²) in [4.78, 5) is 21.6. The SMILES string of the molecule is CN(C)CCN1CCCC(C(=O)Nc2nc3c(C#N)cccc3s2)C1. The van der Waals surface area contributed by atoms with Crippen LogP contribution in [0.2, 0.25) is 0 Å². The van der Waals surface area contributed by atoms with Gasteiger partial charge in [0.2, 0.25) is 5.91 Å². The third-order valence-corrected chi connectivity index (χ3v) is 5.45. The van der Waals surface area contributed by atoms with E-state index in [4.69, 9.17) is 5.26 Å². The molecular formula is C18H23N5OS. The zero-order valence-electron chi connectivity index (χ0n) is 14.7. The normalized spacial score (nSPS) is 18.4. The largest absolute Gasteiger partial charge is 0.308 e. The molecule has 3 rings (SSSR count). The summed E-state index contributed by atoms with van der Waals surface area (Å²) in [6.07, 6.45) is 1.96. The number of amides is 1. The smallest absolute Gasteiger partial charge is 0.230 e. The minimum absolute atomic E-state index is 0.00152. The van der Waals surface area contributed by atoms with Crippen molar-refractivity contribution in [3.8, 4) is 6.07 Å².